The average Bonchev–Trinajstić information content (AvgIpc) is 3.19. The largest absolute Gasteiger partial charge is 0.444 e. The fourth-order valence-corrected chi connectivity index (χ4v) is 5.56. The molecule has 2 aromatic heterocycles. The molecule has 2 aromatic carbocycles. The molecular formula is C31H34ClF2N5O2. The van der Waals surface area contributed by atoms with Gasteiger partial charge in [-0.15, -0.1) is 0 Å². The molecule has 0 bridgehead atoms. The molecule has 1 unspecified atom stereocenters. The number of halogens is 3. The van der Waals surface area contributed by atoms with Gasteiger partial charge in [-0.2, -0.15) is 4.98 Å². The predicted molar refractivity (Wildman–Crippen MR) is 157 cm³/mol. The number of ether oxygens (including phenoxy) is 1. The summed E-state index contributed by atoms with van der Waals surface area (Å²) < 4.78 is 34.9. The van der Waals surface area contributed by atoms with Crippen molar-refractivity contribution in [1.82, 2.24) is 19.4 Å². The lowest BCUT2D eigenvalue weighted by molar-refractivity contribution is 0.0158. The lowest BCUT2D eigenvalue weighted by atomic mass is 9.97. The number of hydrogen-bond acceptors (Lipinski definition) is 5. The SMILES string of the molecule is Cc1c(-c2ccccc2Cl)n(CC2CCCN(C(=O)OC(C)(C)C)C2)c2nc(NCc3ccc(F)c(F)c3)ncc12. The monoisotopic (exact) mass is 581 g/mol. The Bertz CT molecular complexity index is 1580. The van der Waals surface area contributed by atoms with E-state index >= 15 is 0 Å². The lowest BCUT2D eigenvalue weighted by Gasteiger charge is -2.34. The summed E-state index contributed by atoms with van der Waals surface area (Å²) in [6, 6.07) is 11.5. The molecule has 0 saturated carbocycles. The van der Waals surface area contributed by atoms with Crippen molar-refractivity contribution < 1.29 is 18.3 Å². The number of piperidine rings is 1. The van der Waals surface area contributed by atoms with E-state index < -0.39 is 17.2 Å². The van der Waals surface area contributed by atoms with Gasteiger partial charge in [0.15, 0.2) is 11.6 Å². The quantitative estimate of drug-likeness (QED) is 0.254. The van der Waals surface area contributed by atoms with E-state index in [0.29, 0.717) is 36.2 Å². The Morgan fingerprint density at radius 2 is 1.95 bits per heavy atom. The summed E-state index contributed by atoms with van der Waals surface area (Å²) in [5.74, 6) is -1.26. The Morgan fingerprint density at radius 3 is 2.68 bits per heavy atom. The molecule has 1 N–H and O–H groups in total. The van der Waals surface area contributed by atoms with Crippen LogP contribution in [-0.2, 0) is 17.8 Å². The first-order valence-corrected chi connectivity index (χ1v) is 14.1. The molecule has 0 aliphatic carbocycles. The summed E-state index contributed by atoms with van der Waals surface area (Å²) in [7, 11) is 0. The maximum Gasteiger partial charge on any atom is 0.410 e. The van der Waals surface area contributed by atoms with Gasteiger partial charge in [-0.05, 0) is 75.8 Å². The standard InChI is InChI=1S/C31H34ClF2N5O2/c1-19-23-16-36-29(35-15-20-11-12-25(33)26(34)14-20)37-28(23)39(27(19)22-9-5-6-10-24(22)32)18-21-8-7-13-38(17-21)30(40)41-31(2,3)4/h5-6,9-12,14,16,21H,7-8,13,15,17-18H2,1-4H3,(H,35,36,37). The van der Waals surface area contributed by atoms with Crippen LogP contribution in [0.2, 0.25) is 5.02 Å². The van der Waals surface area contributed by atoms with Crippen molar-refractivity contribution in [1.29, 1.82) is 0 Å². The highest BCUT2D eigenvalue weighted by Gasteiger charge is 2.29. The van der Waals surface area contributed by atoms with Crippen LogP contribution in [0.4, 0.5) is 19.5 Å². The third-order valence-electron chi connectivity index (χ3n) is 7.23. The first-order chi connectivity index (χ1) is 19.5. The maximum atomic E-state index is 13.7. The number of fused-ring (bicyclic) bond motifs is 1. The van der Waals surface area contributed by atoms with E-state index in [0.717, 1.165) is 52.8 Å². The fourth-order valence-electron chi connectivity index (χ4n) is 5.34. The van der Waals surface area contributed by atoms with E-state index in [1.54, 1.807) is 11.1 Å². The topological polar surface area (TPSA) is 72.3 Å². The first-order valence-electron chi connectivity index (χ1n) is 13.8. The minimum atomic E-state index is -0.900. The first kappa shape index (κ1) is 28.8. The molecule has 3 heterocycles. The molecule has 10 heteroatoms. The zero-order chi connectivity index (χ0) is 29.3. The van der Waals surface area contributed by atoms with Gasteiger partial charge in [-0.1, -0.05) is 35.9 Å². The second-order valence-corrected chi connectivity index (χ2v) is 11.9. The summed E-state index contributed by atoms with van der Waals surface area (Å²) in [6.07, 6.45) is 3.30. The molecule has 1 aliphatic rings. The number of benzene rings is 2. The Morgan fingerprint density at radius 1 is 1.17 bits per heavy atom. The molecular weight excluding hydrogens is 548 g/mol. The number of rotatable bonds is 6. The van der Waals surface area contributed by atoms with Gasteiger partial charge in [0.05, 0.1) is 5.69 Å². The van der Waals surface area contributed by atoms with Gasteiger partial charge in [0, 0.05) is 48.3 Å². The molecule has 1 saturated heterocycles. The highest BCUT2D eigenvalue weighted by molar-refractivity contribution is 6.33. The van der Waals surface area contributed by atoms with Gasteiger partial charge in [0.25, 0.3) is 0 Å². The van der Waals surface area contributed by atoms with Crippen LogP contribution in [-0.4, -0.2) is 44.2 Å². The number of anilines is 1. The summed E-state index contributed by atoms with van der Waals surface area (Å²) in [5, 5.41) is 4.65. The van der Waals surface area contributed by atoms with Crippen molar-refractivity contribution in [2.45, 2.75) is 59.2 Å². The van der Waals surface area contributed by atoms with Crippen LogP contribution in [0.1, 0.15) is 44.7 Å². The van der Waals surface area contributed by atoms with Crippen LogP contribution in [0, 0.1) is 24.5 Å². The normalized spacial score (nSPS) is 15.8. The molecule has 7 nitrogen and oxygen atoms in total. The Kier molecular flexibility index (Phi) is 8.18. The van der Waals surface area contributed by atoms with Gasteiger partial charge in [0.1, 0.15) is 11.2 Å². The van der Waals surface area contributed by atoms with Crippen LogP contribution < -0.4 is 5.32 Å². The molecule has 1 aliphatic heterocycles. The molecule has 4 aromatic rings. The number of carbonyl (C=O) groups excluding carboxylic acids is 1. The number of likely N-dealkylation sites (tertiary alicyclic amines) is 1. The van der Waals surface area contributed by atoms with Crippen molar-refractivity contribution in [3.05, 3.63) is 76.4 Å². The van der Waals surface area contributed by atoms with Gasteiger partial charge in [0.2, 0.25) is 5.95 Å². The fraction of sp³-hybridized carbons (Fsp3) is 0.387. The van der Waals surface area contributed by atoms with E-state index in [9.17, 15) is 13.6 Å². The summed E-state index contributed by atoms with van der Waals surface area (Å²) in [6.45, 7) is 9.72. The zero-order valence-electron chi connectivity index (χ0n) is 23.7. The van der Waals surface area contributed by atoms with Crippen LogP contribution in [0.15, 0.2) is 48.7 Å². The highest BCUT2D eigenvalue weighted by atomic mass is 35.5. The smallest absolute Gasteiger partial charge is 0.410 e. The number of nitrogens with zero attached hydrogens (tertiary/aromatic N) is 4. The predicted octanol–water partition coefficient (Wildman–Crippen LogP) is 7.60. The van der Waals surface area contributed by atoms with Gasteiger partial charge < -0.3 is 19.5 Å². The summed E-state index contributed by atoms with van der Waals surface area (Å²) in [4.78, 5) is 24.0. The molecule has 0 radical (unpaired) electrons. The van der Waals surface area contributed by atoms with E-state index in [4.69, 9.17) is 21.3 Å². The molecule has 1 fully saturated rings. The van der Waals surface area contributed by atoms with E-state index in [2.05, 4.69) is 14.9 Å². The Labute approximate surface area is 243 Å². The number of amides is 1. The Hall–Kier alpha value is -3.72. The van der Waals surface area contributed by atoms with E-state index in [1.165, 1.54) is 6.07 Å². The molecule has 5 rings (SSSR count). The second kappa shape index (κ2) is 11.6. The third-order valence-corrected chi connectivity index (χ3v) is 7.56. The van der Waals surface area contributed by atoms with Crippen molar-refractivity contribution in [3.8, 4) is 11.3 Å². The zero-order valence-corrected chi connectivity index (χ0v) is 24.4. The van der Waals surface area contributed by atoms with E-state index in [-0.39, 0.29) is 18.6 Å². The van der Waals surface area contributed by atoms with Crippen LogP contribution in [0.25, 0.3) is 22.3 Å². The maximum absolute atomic E-state index is 13.7. The lowest BCUT2D eigenvalue weighted by Crippen LogP contribution is -2.43. The van der Waals surface area contributed by atoms with Crippen LogP contribution in [0.5, 0.6) is 0 Å². The van der Waals surface area contributed by atoms with Gasteiger partial charge >= 0.3 is 6.09 Å². The van der Waals surface area contributed by atoms with Crippen molar-refractivity contribution in [3.63, 3.8) is 0 Å². The third kappa shape index (κ3) is 6.45. The molecule has 1 atom stereocenters. The van der Waals surface area contributed by atoms with Crippen molar-refractivity contribution >= 4 is 34.7 Å². The minimum absolute atomic E-state index is 0.168. The molecule has 41 heavy (non-hydrogen) atoms. The molecule has 0 spiro atoms. The number of aryl methyl sites for hydroxylation is 1. The molecule has 216 valence electrons. The summed E-state index contributed by atoms with van der Waals surface area (Å²) in [5.41, 5.74) is 3.58. The number of carbonyl (C=O) groups is 1. The highest BCUT2D eigenvalue weighted by Crippen LogP contribution is 2.37. The van der Waals surface area contributed by atoms with Crippen LogP contribution in [0.3, 0.4) is 0 Å². The Balaban J connectivity index is 1.49. The van der Waals surface area contributed by atoms with Gasteiger partial charge in [-0.3, -0.25) is 0 Å². The number of nitrogens with one attached hydrogen (secondary N) is 1. The van der Waals surface area contributed by atoms with Crippen LogP contribution >= 0.6 is 11.6 Å². The summed E-state index contributed by atoms with van der Waals surface area (Å²) >= 11 is 6.68. The number of aromatic nitrogens is 3. The average molecular weight is 582 g/mol. The minimum Gasteiger partial charge on any atom is -0.444 e. The van der Waals surface area contributed by atoms with E-state index in [1.807, 2.05) is 52.0 Å². The van der Waals surface area contributed by atoms with Gasteiger partial charge in [-0.25, -0.2) is 18.6 Å². The van der Waals surface area contributed by atoms with Crippen molar-refractivity contribution in [2.75, 3.05) is 18.4 Å². The molecule has 1 amide bonds. The second-order valence-electron chi connectivity index (χ2n) is 11.5. The van der Waals surface area contributed by atoms with Crippen molar-refractivity contribution in [2.24, 2.45) is 5.92 Å². The number of hydrogen-bond donors (Lipinski definition) is 1.